The molecule has 0 aromatic heterocycles. The zero-order chi connectivity index (χ0) is 13.4. The quantitative estimate of drug-likeness (QED) is 0.731. The Morgan fingerprint density at radius 2 is 2.22 bits per heavy atom. The maximum atomic E-state index is 11.7. The summed E-state index contributed by atoms with van der Waals surface area (Å²) in [6, 6.07) is 0. The highest BCUT2D eigenvalue weighted by atomic mass is 79.9. The minimum Gasteiger partial charge on any atom is -0.378 e. The van der Waals surface area contributed by atoms with Gasteiger partial charge in [0.1, 0.15) is 0 Å². The van der Waals surface area contributed by atoms with Crippen LogP contribution in [0.4, 0.5) is 0 Å². The first-order chi connectivity index (χ1) is 8.58. The Kier molecular flexibility index (Phi) is 7.91. The smallest absolute Gasteiger partial charge is 0.220 e. The van der Waals surface area contributed by atoms with E-state index in [0.29, 0.717) is 23.3 Å². The molecule has 18 heavy (non-hydrogen) atoms. The van der Waals surface area contributed by atoms with Gasteiger partial charge in [-0.3, -0.25) is 4.79 Å². The average Bonchev–Trinajstić information content (AvgIpc) is 2.34. The Morgan fingerprint density at radius 1 is 1.44 bits per heavy atom. The molecule has 0 aromatic rings. The predicted octanol–water partition coefficient (Wildman–Crippen LogP) is 3.26. The van der Waals surface area contributed by atoms with E-state index in [2.05, 4.69) is 35.1 Å². The molecule has 1 aliphatic rings. The van der Waals surface area contributed by atoms with Crippen molar-refractivity contribution in [2.24, 2.45) is 5.92 Å². The molecule has 1 amide bonds. The number of halogens is 1. The number of nitrogens with one attached hydrogen (secondary N) is 1. The van der Waals surface area contributed by atoms with Crippen molar-refractivity contribution in [1.29, 1.82) is 0 Å². The summed E-state index contributed by atoms with van der Waals surface area (Å²) in [6.45, 7) is 5.97. The van der Waals surface area contributed by atoms with Gasteiger partial charge < -0.3 is 10.1 Å². The molecule has 1 rings (SSSR count). The van der Waals surface area contributed by atoms with Crippen LogP contribution in [0.25, 0.3) is 0 Å². The van der Waals surface area contributed by atoms with Crippen LogP contribution in [0, 0.1) is 5.92 Å². The van der Waals surface area contributed by atoms with E-state index in [-0.39, 0.29) is 5.91 Å². The van der Waals surface area contributed by atoms with E-state index in [9.17, 15) is 4.79 Å². The Balaban J connectivity index is 2.06. The molecule has 1 heterocycles. The van der Waals surface area contributed by atoms with Crippen molar-refractivity contribution in [3.05, 3.63) is 0 Å². The number of ether oxygens (including phenoxy) is 1. The molecule has 0 aromatic carbocycles. The molecule has 3 nitrogen and oxygen atoms in total. The van der Waals surface area contributed by atoms with Gasteiger partial charge in [0.2, 0.25) is 5.91 Å². The third kappa shape index (κ3) is 7.37. The van der Waals surface area contributed by atoms with Gasteiger partial charge in [-0.05, 0) is 38.0 Å². The van der Waals surface area contributed by atoms with E-state index >= 15 is 0 Å². The van der Waals surface area contributed by atoms with Gasteiger partial charge in [0.25, 0.3) is 0 Å². The second-order valence-electron chi connectivity index (χ2n) is 5.56. The molecule has 1 saturated heterocycles. The van der Waals surface area contributed by atoms with Gasteiger partial charge in [0.05, 0.1) is 6.10 Å². The van der Waals surface area contributed by atoms with E-state index in [1.165, 1.54) is 12.8 Å². The molecule has 0 spiro atoms. The largest absolute Gasteiger partial charge is 0.378 e. The average molecular weight is 320 g/mol. The molecule has 2 unspecified atom stereocenters. The number of hydrogen-bond acceptors (Lipinski definition) is 2. The molecule has 0 bridgehead atoms. The van der Waals surface area contributed by atoms with E-state index in [4.69, 9.17) is 4.74 Å². The van der Waals surface area contributed by atoms with Crippen molar-refractivity contribution in [3.63, 3.8) is 0 Å². The monoisotopic (exact) mass is 319 g/mol. The van der Waals surface area contributed by atoms with Crippen molar-refractivity contribution in [3.8, 4) is 0 Å². The van der Waals surface area contributed by atoms with Crippen molar-refractivity contribution < 1.29 is 9.53 Å². The van der Waals surface area contributed by atoms with Crippen molar-refractivity contribution in [2.45, 2.75) is 63.3 Å². The number of amides is 1. The second kappa shape index (κ2) is 8.92. The standard InChI is InChI=1S/C14H26BrNO2/c1-11(2)9-12(15)10-16-14(17)7-6-13-5-3-4-8-18-13/h11-13H,3-10H2,1-2H3,(H,16,17). The van der Waals surface area contributed by atoms with Crippen LogP contribution in [0.2, 0.25) is 0 Å². The third-order valence-electron chi connectivity index (χ3n) is 3.22. The molecular weight excluding hydrogens is 294 g/mol. The molecule has 0 aliphatic carbocycles. The van der Waals surface area contributed by atoms with Crippen LogP contribution < -0.4 is 5.32 Å². The van der Waals surface area contributed by atoms with E-state index in [1.807, 2.05) is 0 Å². The number of hydrogen-bond donors (Lipinski definition) is 1. The van der Waals surface area contributed by atoms with Gasteiger partial charge in [0.15, 0.2) is 0 Å². The topological polar surface area (TPSA) is 38.3 Å². The van der Waals surface area contributed by atoms with Crippen LogP contribution in [0.3, 0.4) is 0 Å². The van der Waals surface area contributed by atoms with Crippen molar-refractivity contribution >= 4 is 21.8 Å². The fraction of sp³-hybridized carbons (Fsp3) is 0.929. The summed E-state index contributed by atoms with van der Waals surface area (Å²) in [7, 11) is 0. The summed E-state index contributed by atoms with van der Waals surface area (Å²) in [6.07, 6.45) is 6.37. The lowest BCUT2D eigenvalue weighted by molar-refractivity contribution is -0.122. The lowest BCUT2D eigenvalue weighted by Crippen LogP contribution is -2.31. The van der Waals surface area contributed by atoms with Crippen molar-refractivity contribution in [1.82, 2.24) is 5.32 Å². The highest BCUT2D eigenvalue weighted by Crippen LogP contribution is 2.17. The lowest BCUT2D eigenvalue weighted by atomic mass is 10.0. The first kappa shape index (κ1) is 16.0. The van der Waals surface area contributed by atoms with Gasteiger partial charge >= 0.3 is 0 Å². The molecule has 1 aliphatic heterocycles. The van der Waals surface area contributed by atoms with Crippen LogP contribution in [0.1, 0.15) is 52.4 Å². The fourth-order valence-corrected chi connectivity index (χ4v) is 3.14. The zero-order valence-electron chi connectivity index (χ0n) is 11.6. The molecule has 106 valence electrons. The number of alkyl halides is 1. The molecule has 1 fully saturated rings. The van der Waals surface area contributed by atoms with Gasteiger partial charge in [0, 0.05) is 24.4 Å². The second-order valence-corrected chi connectivity index (χ2v) is 6.85. The summed E-state index contributed by atoms with van der Waals surface area (Å²) in [5.41, 5.74) is 0. The van der Waals surface area contributed by atoms with Crippen molar-refractivity contribution in [2.75, 3.05) is 13.2 Å². The highest BCUT2D eigenvalue weighted by molar-refractivity contribution is 9.09. The maximum Gasteiger partial charge on any atom is 0.220 e. The Morgan fingerprint density at radius 3 is 2.83 bits per heavy atom. The Bertz CT molecular complexity index is 240. The SMILES string of the molecule is CC(C)CC(Br)CNC(=O)CCC1CCCCO1. The minimum atomic E-state index is 0.150. The molecule has 2 atom stereocenters. The van der Waals surface area contributed by atoms with E-state index in [1.54, 1.807) is 0 Å². The third-order valence-corrected chi connectivity index (χ3v) is 3.91. The lowest BCUT2D eigenvalue weighted by Gasteiger charge is -2.22. The van der Waals surface area contributed by atoms with Crippen LogP contribution in [0.5, 0.6) is 0 Å². The van der Waals surface area contributed by atoms with Gasteiger partial charge in [-0.15, -0.1) is 0 Å². The van der Waals surface area contributed by atoms with E-state index < -0.39 is 0 Å². The molecule has 1 N–H and O–H groups in total. The Hall–Kier alpha value is -0.0900. The first-order valence-electron chi connectivity index (χ1n) is 7.10. The van der Waals surface area contributed by atoms with E-state index in [0.717, 1.165) is 32.4 Å². The molecular formula is C14H26BrNO2. The van der Waals surface area contributed by atoms with Crippen LogP contribution in [-0.2, 0) is 9.53 Å². The molecule has 0 saturated carbocycles. The minimum absolute atomic E-state index is 0.150. The fourth-order valence-electron chi connectivity index (χ4n) is 2.23. The number of rotatable bonds is 7. The summed E-state index contributed by atoms with van der Waals surface area (Å²) in [4.78, 5) is 12.1. The number of carbonyl (C=O) groups excluding carboxylic acids is 1. The van der Waals surface area contributed by atoms with Gasteiger partial charge in [-0.25, -0.2) is 0 Å². The summed E-state index contributed by atoms with van der Waals surface area (Å²) >= 11 is 3.60. The van der Waals surface area contributed by atoms with Gasteiger partial charge in [-0.2, -0.15) is 0 Å². The summed E-state index contributed by atoms with van der Waals surface area (Å²) < 4.78 is 5.62. The first-order valence-corrected chi connectivity index (χ1v) is 8.02. The van der Waals surface area contributed by atoms with Crippen LogP contribution in [0.15, 0.2) is 0 Å². The maximum absolute atomic E-state index is 11.7. The summed E-state index contributed by atoms with van der Waals surface area (Å²) in [5.74, 6) is 0.805. The molecule has 4 heteroatoms. The predicted molar refractivity (Wildman–Crippen MR) is 78.0 cm³/mol. The normalized spacial score (nSPS) is 21.9. The van der Waals surface area contributed by atoms with Crippen LogP contribution >= 0.6 is 15.9 Å². The van der Waals surface area contributed by atoms with Crippen LogP contribution in [-0.4, -0.2) is 30.0 Å². The number of carbonyl (C=O) groups is 1. The summed E-state index contributed by atoms with van der Waals surface area (Å²) in [5, 5.41) is 2.99. The highest BCUT2D eigenvalue weighted by Gasteiger charge is 2.15. The zero-order valence-corrected chi connectivity index (χ0v) is 13.2. The Labute approximate surface area is 119 Å². The van der Waals surface area contributed by atoms with Gasteiger partial charge in [-0.1, -0.05) is 29.8 Å². The molecule has 0 radical (unpaired) electrons.